The molecule has 0 radical (unpaired) electrons. The number of rotatable bonds is 1. The van der Waals surface area contributed by atoms with Gasteiger partial charge in [0.05, 0.1) is 16.7 Å². The molecular formula is C12H13ClN2. The summed E-state index contributed by atoms with van der Waals surface area (Å²) in [6, 6.07) is 3.90. The molecule has 0 aromatic carbocycles. The minimum Gasteiger partial charge on any atom is -0.302 e. The van der Waals surface area contributed by atoms with E-state index in [2.05, 4.69) is 15.6 Å². The molecule has 2 aromatic rings. The van der Waals surface area contributed by atoms with Crippen LogP contribution >= 0.6 is 11.6 Å². The fourth-order valence-corrected chi connectivity index (χ4v) is 2.71. The molecule has 0 N–H and O–H groups in total. The van der Waals surface area contributed by atoms with Crippen molar-refractivity contribution in [2.24, 2.45) is 0 Å². The maximum absolute atomic E-state index is 6.12. The Balaban J connectivity index is 2.15. The van der Waals surface area contributed by atoms with Crippen LogP contribution in [-0.2, 0) is 0 Å². The number of nitrogens with zero attached hydrogens (tertiary/aromatic N) is 2. The van der Waals surface area contributed by atoms with Crippen molar-refractivity contribution < 1.29 is 0 Å². The molecule has 1 aliphatic rings. The standard InChI is InChI=1S/C12H13ClN2/c13-10-6-3-7-15-11(10)8-14-12(15)9-4-1-2-5-9/h3,6-9H,1-2,4-5H2. The summed E-state index contributed by atoms with van der Waals surface area (Å²) in [6.45, 7) is 0. The smallest absolute Gasteiger partial charge is 0.116 e. The SMILES string of the molecule is Clc1cccn2c(C3CCCC3)ncc12. The molecule has 0 unspecified atom stereocenters. The third-order valence-electron chi connectivity index (χ3n) is 3.27. The lowest BCUT2D eigenvalue weighted by atomic mass is 10.1. The Hall–Kier alpha value is -1.02. The number of halogens is 1. The predicted octanol–water partition coefficient (Wildman–Crippen LogP) is 3.65. The molecule has 0 bridgehead atoms. The molecular weight excluding hydrogens is 208 g/mol. The van der Waals surface area contributed by atoms with Gasteiger partial charge >= 0.3 is 0 Å². The Morgan fingerprint density at radius 3 is 2.93 bits per heavy atom. The van der Waals surface area contributed by atoms with E-state index in [1.165, 1.54) is 31.5 Å². The normalized spacial score (nSPS) is 17.7. The summed E-state index contributed by atoms with van der Waals surface area (Å²) in [5.41, 5.74) is 1.03. The Kier molecular flexibility index (Phi) is 2.17. The van der Waals surface area contributed by atoms with E-state index in [0.29, 0.717) is 5.92 Å². The molecule has 3 heteroatoms. The predicted molar refractivity (Wildman–Crippen MR) is 61.4 cm³/mol. The Labute approximate surface area is 93.9 Å². The van der Waals surface area contributed by atoms with E-state index < -0.39 is 0 Å². The molecule has 0 aliphatic heterocycles. The van der Waals surface area contributed by atoms with Crippen molar-refractivity contribution in [1.29, 1.82) is 0 Å². The van der Waals surface area contributed by atoms with E-state index in [1.807, 2.05) is 18.3 Å². The molecule has 2 heterocycles. The molecule has 1 saturated carbocycles. The van der Waals surface area contributed by atoms with E-state index >= 15 is 0 Å². The van der Waals surface area contributed by atoms with Gasteiger partial charge in [0.25, 0.3) is 0 Å². The van der Waals surface area contributed by atoms with E-state index in [1.54, 1.807) is 0 Å². The first kappa shape index (κ1) is 9.22. The van der Waals surface area contributed by atoms with Crippen LogP contribution in [-0.4, -0.2) is 9.38 Å². The molecule has 0 atom stereocenters. The van der Waals surface area contributed by atoms with Crippen LogP contribution in [0, 0.1) is 0 Å². The van der Waals surface area contributed by atoms with Crippen molar-refractivity contribution >= 4 is 17.1 Å². The van der Waals surface area contributed by atoms with Gasteiger partial charge in [-0.15, -0.1) is 0 Å². The van der Waals surface area contributed by atoms with Crippen molar-refractivity contribution in [2.45, 2.75) is 31.6 Å². The van der Waals surface area contributed by atoms with Gasteiger partial charge in [-0.2, -0.15) is 0 Å². The first-order chi connectivity index (χ1) is 7.36. The largest absolute Gasteiger partial charge is 0.302 e. The average molecular weight is 221 g/mol. The second kappa shape index (κ2) is 3.53. The van der Waals surface area contributed by atoms with Crippen molar-refractivity contribution in [3.63, 3.8) is 0 Å². The van der Waals surface area contributed by atoms with Gasteiger partial charge in [0.2, 0.25) is 0 Å². The van der Waals surface area contributed by atoms with Gasteiger partial charge in [0.15, 0.2) is 0 Å². The van der Waals surface area contributed by atoms with Gasteiger partial charge in [-0.1, -0.05) is 24.4 Å². The van der Waals surface area contributed by atoms with Crippen LogP contribution in [0.5, 0.6) is 0 Å². The number of imidazole rings is 1. The zero-order valence-corrected chi connectivity index (χ0v) is 9.24. The fraction of sp³-hybridized carbons (Fsp3) is 0.417. The van der Waals surface area contributed by atoms with E-state index in [0.717, 1.165) is 10.5 Å². The fourth-order valence-electron chi connectivity index (χ4n) is 2.49. The lowest BCUT2D eigenvalue weighted by Gasteiger charge is -2.07. The molecule has 3 rings (SSSR count). The van der Waals surface area contributed by atoms with E-state index in [-0.39, 0.29) is 0 Å². The highest BCUT2D eigenvalue weighted by Crippen LogP contribution is 2.34. The van der Waals surface area contributed by atoms with Gasteiger partial charge in [0.1, 0.15) is 5.82 Å². The minimum atomic E-state index is 0.631. The van der Waals surface area contributed by atoms with Gasteiger partial charge < -0.3 is 4.40 Å². The lowest BCUT2D eigenvalue weighted by Crippen LogP contribution is -1.99. The first-order valence-electron chi connectivity index (χ1n) is 5.48. The zero-order valence-electron chi connectivity index (χ0n) is 8.49. The average Bonchev–Trinajstić information content (AvgIpc) is 2.85. The van der Waals surface area contributed by atoms with Crippen molar-refractivity contribution in [2.75, 3.05) is 0 Å². The number of aromatic nitrogens is 2. The highest BCUT2D eigenvalue weighted by Gasteiger charge is 2.21. The highest BCUT2D eigenvalue weighted by atomic mass is 35.5. The molecule has 0 saturated heterocycles. The quantitative estimate of drug-likeness (QED) is 0.717. The maximum atomic E-state index is 6.12. The van der Waals surface area contributed by atoms with Crippen molar-refractivity contribution in [3.05, 3.63) is 35.4 Å². The second-order valence-electron chi connectivity index (χ2n) is 4.21. The van der Waals surface area contributed by atoms with Gasteiger partial charge in [-0.05, 0) is 25.0 Å². The number of fused-ring (bicyclic) bond motifs is 1. The van der Waals surface area contributed by atoms with Gasteiger partial charge in [-0.25, -0.2) is 4.98 Å². The third-order valence-corrected chi connectivity index (χ3v) is 3.59. The van der Waals surface area contributed by atoms with Gasteiger partial charge in [0, 0.05) is 12.1 Å². The summed E-state index contributed by atoms with van der Waals surface area (Å²) in [6.07, 6.45) is 9.15. The van der Waals surface area contributed by atoms with Crippen LogP contribution < -0.4 is 0 Å². The Bertz CT molecular complexity index is 483. The molecule has 0 spiro atoms. The number of hydrogen-bond donors (Lipinski definition) is 0. The van der Waals surface area contributed by atoms with Gasteiger partial charge in [-0.3, -0.25) is 0 Å². The highest BCUT2D eigenvalue weighted by molar-refractivity contribution is 6.33. The zero-order chi connectivity index (χ0) is 10.3. The molecule has 2 nitrogen and oxygen atoms in total. The number of hydrogen-bond acceptors (Lipinski definition) is 1. The molecule has 2 aromatic heterocycles. The Morgan fingerprint density at radius 2 is 2.13 bits per heavy atom. The van der Waals surface area contributed by atoms with Crippen molar-refractivity contribution in [1.82, 2.24) is 9.38 Å². The molecule has 78 valence electrons. The number of pyridine rings is 1. The second-order valence-corrected chi connectivity index (χ2v) is 4.62. The Morgan fingerprint density at radius 1 is 1.33 bits per heavy atom. The minimum absolute atomic E-state index is 0.631. The topological polar surface area (TPSA) is 17.3 Å². The van der Waals surface area contributed by atoms with Crippen molar-refractivity contribution in [3.8, 4) is 0 Å². The lowest BCUT2D eigenvalue weighted by molar-refractivity contribution is 0.665. The first-order valence-corrected chi connectivity index (χ1v) is 5.85. The molecule has 1 fully saturated rings. The van der Waals surface area contributed by atoms with Crippen LogP contribution in [0.3, 0.4) is 0 Å². The summed E-state index contributed by atoms with van der Waals surface area (Å²) in [7, 11) is 0. The summed E-state index contributed by atoms with van der Waals surface area (Å²) in [4.78, 5) is 4.52. The van der Waals surface area contributed by atoms with E-state index in [4.69, 9.17) is 11.6 Å². The summed E-state index contributed by atoms with van der Waals surface area (Å²) < 4.78 is 2.14. The van der Waals surface area contributed by atoms with Crippen LogP contribution in [0.15, 0.2) is 24.5 Å². The maximum Gasteiger partial charge on any atom is 0.116 e. The van der Waals surface area contributed by atoms with Crippen LogP contribution in [0.2, 0.25) is 5.02 Å². The summed E-state index contributed by atoms with van der Waals surface area (Å²) >= 11 is 6.12. The van der Waals surface area contributed by atoms with E-state index in [9.17, 15) is 0 Å². The summed E-state index contributed by atoms with van der Waals surface area (Å²) in [5.74, 6) is 1.82. The van der Waals surface area contributed by atoms with Crippen LogP contribution in [0.1, 0.15) is 37.4 Å². The molecule has 0 amide bonds. The van der Waals surface area contributed by atoms with Crippen LogP contribution in [0.25, 0.3) is 5.52 Å². The molecule has 1 aliphatic carbocycles. The molecule has 15 heavy (non-hydrogen) atoms. The van der Waals surface area contributed by atoms with Crippen LogP contribution in [0.4, 0.5) is 0 Å². The third kappa shape index (κ3) is 1.44. The monoisotopic (exact) mass is 220 g/mol. The summed E-state index contributed by atoms with van der Waals surface area (Å²) in [5, 5.41) is 0.786.